The van der Waals surface area contributed by atoms with Crippen LogP contribution in [-0.2, 0) is 40.5 Å². The fraction of sp³-hybridized carbons (Fsp3) is 0. The summed E-state index contributed by atoms with van der Waals surface area (Å²) >= 11 is 0. The van der Waals surface area contributed by atoms with Crippen LogP contribution in [0.5, 0.6) is 0 Å². The van der Waals surface area contributed by atoms with Gasteiger partial charge in [0, 0.05) is 21.1 Å². The number of rotatable bonds is 0. The van der Waals surface area contributed by atoms with E-state index in [4.69, 9.17) is 30.6 Å². The monoisotopic (exact) mass is 286 g/mol. The summed E-state index contributed by atoms with van der Waals surface area (Å²) in [5, 5.41) is 29.5. The van der Waals surface area contributed by atoms with Gasteiger partial charge >= 0.3 is 19.5 Å². The molecule has 10 heteroatoms. The maximum atomic E-state index is 8.25. The summed E-state index contributed by atoms with van der Waals surface area (Å²) in [6, 6.07) is 0. The van der Waals surface area contributed by atoms with Gasteiger partial charge in [-0.15, -0.1) is 0 Å². The van der Waals surface area contributed by atoms with E-state index in [9.17, 15) is 0 Å². The number of nitrogens with zero attached hydrogens (tertiary/aromatic N) is 2. The van der Waals surface area contributed by atoms with Crippen LogP contribution in [0.3, 0.4) is 0 Å². The SMILES string of the molecule is O=[N+]([O-])[O-].O=[N+]([O-])[O-].[Mo].[Zn+2]. The third-order valence-electron chi connectivity index (χ3n) is 0. The van der Waals surface area contributed by atoms with Crippen LogP contribution < -0.4 is 0 Å². The molecule has 0 N–H and O–H groups in total. The molecule has 0 fully saturated rings. The van der Waals surface area contributed by atoms with Gasteiger partial charge in [-0.1, -0.05) is 0 Å². The van der Waals surface area contributed by atoms with Crippen molar-refractivity contribution in [2.24, 2.45) is 0 Å². The van der Waals surface area contributed by atoms with Crippen LogP contribution in [0.2, 0.25) is 0 Å². The van der Waals surface area contributed by atoms with Crippen molar-refractivity contribution >= 4 is 0 Å². The Hall–Kier alpha value is -0.288. The van der Waals surface area contributed by atoms with Crippen molar-refractivity contribution in [3.05, 3.63) is 30.6 Å². The smallest absolute Gasteiger partial charge is 0.356 e. The van der Waals surface area contributed by atoms with E-state index in [1.165, 1.54) is 0 Å². The summed E-state index contributed by atoms with van der Waals surface area (Å²) in [6.07, 6.45) is 0. The molecule has 0 bridgehead atoms. The molecule has 54 valence electrons. The first kappa shape index (κ1) is 22.6. The first-order valence-corrected chi connectivity index (χ1v) is 1.10. The maximum absolute atomic E-state index is 8.25. The molecule has 0 unspecified atom stereocenters. The number of hydrogen-bond acceptors (Lipinski definition) is 6. The molecule has 0 aliphatic heterocycles. The summed E-state index contributed by atoms with van der Waals surface area (Å²) in [7, 11) is 0. The minimum absolute atomic E-state index is 0. The summed E-state index contributed by atoms with van der Waals surface area (Å²) in [6.45, 7) is 0. The Morgan fingerprint density at radius 2 is 0.800 bits per heavy atom. The summed E-state index contributed by atoms with van der Waals surface area (Å²) in [5.74, 6) is 0. The Balaban J connectivity index is -0.0000000300. The van der Waals surface area contributed by atoms with Gasteiger partial charge in [0.1, 0.15) is 0 Å². The quantitative estimate of drug-likeness (QED) is 0.335. The van der Waals surface area contributed by atoms with Gasteiger partial charge in [-0.3, -0.25) is 0 Å². The fourth-order valence-electron chi connectivity index (χ4n) is 0. The summed E-state index contributed by atoms with van der Waals surface area (Å²) in [5.41, 5.74) is 0. The van der Waals surface area contributed by atoms with Gasteiger partial charge in [0.05, 0.1) is 10.2 Å². The van der Waals surface area contributed by atoms with Gasteiger partial charge in [-0.2, -0.15) is 0 Å². The van der Waals surface area contributed by atoms with Crippen molar-refractivity contribution in [1.82, 2.24) is 0 Å². The van der Waals surface area contributed by atoms with Crippen LogP contribution >= 0.6 is 0 Å². The molecule has 0 radical (unpaired) electrons. The van der Waals surface area contributed by atoms with Crippen LogP contribution in [-0.4, -0.2) is 10.2 Å². The predicted molar refractivity (Wildman–Crippen MR) is 20.7 cm³/mol. The van der Waals surface area contributed by atoms with Crippen molar-refractivity contribution in [1.29, 1.82) is 0 Å². The van der Waals surface area contributed by atoms with Gasteiger partial charge in [0.15, 0.2) is 0 Å². The van der Waals surface area contributed by atoms with Crippen LogP contribution in [0.25, 0.3) is 0 Å². The first-order chi connectivity index (χ1) is 3.46. The average molecular weight is 285 g/mol. The maximum Gasteiger partial charge on any atom is 2.00 e. The minimum Gasteiger partial charge on any atom is -0.356 e. The van der Waals surface area contributed by atoms with Crippen molar-refractivity contribution in [2.45, 2.75) is 0 Å². The van der Waals surface area contributed by atoms with Crippen LogP contribution in [0.1, 0.15) is 0 Å². The van der Waals surface area contributed by atoms with E-state index in [1.807, 2.05) is 0 Å². The average Bonchev–Trinajstić information content (AvgIpc) is 1.25. The Morgan fingerprint density at radius 3 is 0.800 bits per heavy atom. The molecular formula is MoN2O6Zn. The molecule has 10 heavy (non-hydrogen) atoms. The molecule has 0 spiro atoms. The van der Waals surface area contributed by atoms with E-state index in [0.717, 1.165) is 0 Å². The second-order valence-corrected chi connectivity index (χ2v) is 0.447. The Bertz CT molecular complexity index is 73.7. The van der Waals surface area contributed by atoms with Gasteiger partial charge in [0.2, 0.25) is 0 Å². The third kappa shape index (κ3) is 4180. The Morgan fingerprint density at radius 1 is 0.800 bits per heavy atom. The molecule has 0 amide bonds. The standard InChI is InChI=1S/Mo.2NO3.Zn/c;2*2-1(3)4;/q;2*-1;+2. The first-order valence-electron chi connectivity index (χ1n) is 1.10. The predicted octanol–water partition coefficient (Wildman–Crippen LogP) is -0.483. The van der Waals surface area contributed by atoms with E-state index < -0.39 is 10.2 Å². The second-order valence-electron chi connectivity index (χ2n) is 0.447. The van der Waals surface area contributed by atoms with E-state index in [1.54, 1.807) is 0 Å². The molecule has 0 aliphatic rings. The molecule has 0 saturated heterocycles. The Labute approximate surface area is 81.5 Å². The van der Waals surface area contributed by atoms with Crippen molar-refractivity contribution < 1.29 is 50.7 Å². The van der Waals surface area contributed by atoms with E-state index in [0.29, 0.717) is 0 Å². The van der Waals surface area contributed by atoms with Gasteiger partial charge < -0.3 is 30.6 Å². The zero-order valence-electron chi connectivity index (χ0n) is 4.46. The molecule has 0 atom stereocenters. The van der Waals surface area contributed by atoms with Crippen LogP contribution in [0.4, 0.5) is 0 Å². The largest absolute Gasteiger partial charge is 2.00 e. The molecule has 0 aromatic rings. The van der Waals surface area contributed by atoms with Crippen LogP contribution in [0, 0.1) is 30.6 Å². The molecule has 0 rings (SSSR count). The second kappa shape index (κ2) is 15.9. The summed E-state index contributed by atoms with van der Waals surface area (Å²) < 4.78 is 0. The van der Waals surface area contributed by atoms with E-state index in [2.05, 4.69) is 0 Å². The van der Waals surface area contributed by atoms with Crippen molar-refractivity contribution in [3.8, 4) is 0 Å². The molecule has 0 aromatic carbocycles. The van der Waals surface area contributed by atoms with Crippen LogP contribution in [0.15, 0.2) is 0 Å². The zero-order chi connectivity index (χ0) is 7.15. The molecule has 0 aromatic heterocycles. The van der Waals surface area contributed by atoms with Gasteiger partial charge in [0.25, 0.3) is 0 Å². The van der Waals surface area contributed by atoms with Crippen molar-refractivity contribution in [2.75, 3.05) is 0 Å². The van der Waals surface area contributed by atoms with E-state index in [-0.39, 0.29) is 40.5 Å². The molecule has 0 aliphatic carbocycles. The minimum atomic E-state index is -1.75. The fourth-order valence-corrected chi connectivity index (χ4v) is 0. The molecular weight excluding hydrogens is 285 g/mol. The van der Waals surface area contributed by atoms with E-state index >= 15 is 0 Å². The molecule has 0 saturated carbocycles. The molecule has 0 heterocycles. The summed E-state index contributed by atoms with van der Waals surface area (Å²) in [4.78, 5) is 16.5. The Kier molecular flexibility index (Phi) is 35.9. The van der Waals surface area contributed by atoms with Gasteiger partial charge in [-0.05, 0) is 0 Å². The number of hydrogen-bond donors (Lipinski definition) is 0. The third-order valence-corrected chi connectivity index (χ3v) is 0. The zero-order valence-corrected chi connectivity index (χ0v) is 9.43. The topological polar surface area (TPSA) is 132 Å². The van der Waals surface area contributed by atoms with Gasteiger partial charge in [-0.25, -0.2) is 0 Å². The molecule has 8 nitrogen and oxygen atoms in total. The van der Waals surface area contributed by atoms with Crippen molar-refractivity contribution in [3.63, 3.8) is 0 Å². The normalized spacial score (nSPS) is 4.80.